The molecule has 0 aromatic carbocycles. The molecule has 12 heteroatoms. The first-order valence-corrected chi connectivity index (χ1v) is 8.76. The Morgan fingerprint density at radius 3 is 2.29 bits per heavy atom. The Kier molecular flexibility index (Phi) is 5.05. The molecule has 0 amide bonds. The zero-order chi connectivity index (χ0) is 20.9. The zero-order valence-electron chi connectivity index (χ0n) is 15.2. The van der Waals surface area contributed by atoms with Gasteiger partial charge in [0.05, 0.1) is 0 Å². The van der Waals surface area contributed by atoms with Crippen LogP contribution in [-0.4, -0.2) is 57.3 Å². The summed E-state index contributed by atoms with van der Waals surface area (Å²) in [5, 5.41) is 15.3. The molecule has 2 aliphatic carbocycles. The van der Waals surface area contributed by atoms with E-state index in [1.165, 1.54) is 0 Å². The minimum Gasteiger partial charge on any atom is -0.387 e. The van der Waals surface area contributed by atoms with E-state index in [-0.39, 0.29) is 29.3 Å². The number of nitrogens with zero attached hydrogens (tertiary/aromatic N) is 3. The molecule has 0 bridgehead atoms. The number of hydrogen-bond donors (Lipinski definition) is 3. The molecule has 0 saturated heterocycles. The third kappa shape index (κ3) is 3.92. The second-order valence-corrected chi connectivity index (χ2v) is 7.47. The molecule has 1 aromatic rings. The Morgan fingerprint density at radius 2 is 1.71 bits per heavy atom. The predicted molar refractivity (Wildman–Crippen MR) is 93.1 cm³/mol. The van der Waals surface area contributed by atoms with Crippen LogP contribution in [0.2, 0.25) is 0 Å². The van der Waals surface area contributed by atoms with Gasteiger partial charge in [0.2, 0.25) is 11.9 Å². The number of halogens is 5. The lowest BCUT2D eigenvalue weighted by molar-refractivity contribution is -0.132. The van der Waals surface area contributed by atoms with Gasteiger partial charge < -0.3 is 15.7 Å². The normalized spacial score (nSPS) is 26.9. The summed E-state index contributed by atoms with van der Waals surface area (Å²) in [6, 6.07) is -0.713. The summed E-state index contributed by atoms with van der Waals surface area (Å²) < 4.78 is 68.2. The summed E-state index contributed by atoms with van der Waals surface area (Å²) in [5.41, 5.74) is -3.87. The van der Waals surface area contributed by atoms with Crippen LogP contribution >= 0.6 is 0 Å². The molecule has 28 heavy (non-hydrogen) atoms. The van der Waals surface area contributed by atoms with E-state index in [0.717, 1.165) is 0 Å². The largest absolute Gasteiger partial charge is 0.387 e. The molecule has 3 rings (SSSR count). The molecule has 1 aromatic heterocycles. The maximum atomic E-state index is 14.6. The molecule has 2 radical (unpaired) electrons. The predicted octanol–water partition coefficient (Wildman–Crippen LogP) is 2.87. The van der Waals surface area contributed by atoms with Crippen molar-refractivity contribution in [3.05, 3.63) is 11.7 Å². The van der Waals surface area contributed by atoms with Gasteiger partial charge in [-0.2, -0.15) is 15.0 Å². The Hall–Kier alpha value is -1.98. The molecule has 1 atom stereocenters. The minimum absolute atomic E-state index is 0.00628. The second-order valence-electron chi connectivity index (χ2n) is 7.47. The van der Waals surface area contributed by atoms with E-state index in [4.69, 9.17) is 7.85 Å². The van der Waals surface area contributed by atoms with Crippen LogP contribution in [0, 0.1) is 0 Å². The number of alkyl halides is 4. The second kappa shape index (κ2) is 6.82. The van der Waals surface area contributed by atoms with Gasteiger partial charge in [0.15, 0.2) is 5.82 Å². The molecule has 0 spiro atoms. The monoisotopic (exact) mass is 403 g/mol. The van der Waals surface area contributed by atoms with Gasteiger partial charge in [0, 0.05) is 36.9 Å². The van der Waals surface area contributed by atoms with Crippen molar-refractivity contribution in [2.24, 2.45) is 0 Å². The summed E-state index contributed by atoms with van der Waals surface area (Å²) in [6.45, 7) is 3.56. The van der Waals surface area contributed by atoms with Crippen LogP contribution < -0.4 is 10.6 Å². The molecule has 152 valence electrons. The third-order valence-corrected chi connectivity index (χ3v) is 4.59. The highest BCUT2D eigenvalue weighted by molar-refractivity contribution is 6.18. The van der Waals surface area contributed by atoms with Gasteiger partial charge >= 0.3 is 0 Å². The van der Waals surface area contributed by atoms with E-state index in [9.17, 15) is 27.1 Å². The third-order valence-electron chi connectivity index (χ3n) is 4.59. The first-order chi connectivity index (χ1) is 12.8. The lowest BCUT2D eigenvalue weighted by Crippen LogP contribution is -2.51. The van der Waals surface area contributed by atoms with Crippen molar-refractivity contribution in [3.8, 4) is 0 Å². The van der Waals surface area contributed by atoms with Crippen LogP contribution in [0.1, 0.15) is 45.4 Å². The summed E-state index contributed by atoms with van der Waals surface area (Å²) >= 11 is 0. The SMILES string of the molecule is [B]C1(O)C(F)=C(c2nc(NC(C)C)nc(NC3CC(F)(F)C3)n2)CCC1(F)F. The van der Waals surface area contributed by atoms with Crippen molar-refractivity contribution in [1.82, 2.24) is 15.0 Å². The summed E-state index contributed by atoms with van der Waals surface area (Å²) in [7, 11) is 5.11. The fourth-order valence-electron chi connectivity index (χ4n) is 3.03. The van der Waals surface area contributed by atoms with E-state index in [1.807, 2.05) is 0 Å². The van der Waals surface area contributed by atoms with Crippen molar-refractivity contribution >= 4 is 25.3 Å². The van der Waals surface area contributed by atoms with Crippen LogP contribution in [0.25, 0.3) is 5.57 Å². The summed E-state index contributed by atoms with van der Waals surface area (Å²) in [6.07, 6.45) is -2.19. The summed E-state index contributed by atoms with van der Waals surface area (Å²) in [5.74, 6) is -8.66. The molecule has 1 saturated carbocycles. The van der Waals surface area contributed by atoms with Crippen molar-refractivity contribution in [2.75, 3.05) is 10.6 Å². The first-order valence-electron chi connectivity index (χ1n) is 8.76. The molecule has 0 aliphatic heterocycles. The fourth-order valence-corrected chi connectivity index (χ4v) is 3.03. The maximum absolute atomic E-state index is 14.6. The number of aromatic nitrogens is 3. The minimum atomic E-state index is -3.86. The van der Waals surface area contributed by atoms with Crippen LogP contribution in [0.5, 0.6) is 0 Å². The smallest absolute Gasteiger partial charge is 0.274 e. The van der Waals surface area contributed by atoms with Crippen molar-refractivity contribution < 1.29 is 27.1 Å². The molecule has 2 aliphatic rings. The van der Waals surface area contributed by atoms with Gasteiger partial charge in [-0.25, -0.2) is 22.0 Å². The van der Waals surface area contributed by atoms with Gasteiger partial charge in [0.1, 0.15) is 19.2 Å². The maximum Gasteiger partial charge on any atom is 0.274 e. The van der Waals surface area contributed by atoms with Crippen LogP contribution in [0.4, 0.5) is 33.8 Å². The Labute approximate surface area is 159 Å². The number of allylic oxidation sites excluding steroid dienone is 1. The van der Waals surface area contributed by atoms with Gasteiger partial charge in [-0.05, 0) is 20.3 Å². The number of rotatable bonds is 5. The van der Waals surface area contributed by atoms with E-state index in [1.54, 1.807) is 13.8 Å². The molecular weight excluding hydrogens is 384 g/mol. The Morgan fingerprint density at radius 1 is 1.11 bits per heavy atom. The average Bonchev–Trinajstić information content (AvgIpc) is 2.50. The number of aliphatic hydroxyl groups is 1. The standard InChI is InChI=1S/C16H19BF5N5O/c1-7(2)23-12-25-11(9-3-4-15(21,22)16(17,28)10(9)18)26-13(27-12)24-8-5-14(19,20)6-8/h7-8,28H,3-6H2,1-2H3,(H2,23,24,25,26,27). The summed E-state index contributed by atoms with van der Waals surface area (Å²) in [4.78, 5) is 12.0. The molecule has 3 N–H and O–H groups in total. The van der Waals surface area contributed by atoms with Crippen molar-refractivity contribution in [3.63, 3.8) is 0 Å². The molecule has 1 heterocycles. The van der Waals surface area contributed by atoms with Crippen LogP contribution in [-0.2, 0) is 0 Å². The number of hydrogen-bond acceptors (Lipinski definition) is 6. The number of anilines is 2. The van der Waals surface area contributed by atoms with Gasteiger partial charge in [-0.15, -0.1) is 0 Å². The van der Waals surface area contributed by atoms with Crippen LogP contribution in [0.15, 0.2) is 5.83 Å². The highest BCUT2D eigenvalue weighted by atomic mass is 19.3. The van der Waals surface area contributed by atoms with E-state index in [2.05, 4.69) is 25.6 Å². The molecule has 1 unspecified atom stereocenters. The van der Waals surface area contributed by atoms with Gasteiger partial charge in [-0.1, -0.05) is 0 Å². The molecular formula is C16H19BF5N5O. The lowest BCUT2D eigenvalue weighted by Gasteiger charge is -2.37. The topological polar surface area (TPSA) is 83.0 Å². The fraction of sp³-hybridized carbons (Fsp3) is 0.688. The van der Waals surface area contributed by atoms with E-state index < -0.39 is 54.9 Å². The van der Waals surface area contributed by atoms with Crippen LogP contribution in [0.3, 0.4) is 0 Å². The van der Waals surface area contributed by atoms with Crippen molar-refractivity contribution in [1.29, 1.82) is 0 Å². The quantitative estimate of drug-likeness (QED) is 0.518. The van der Waals surface area contributed by atoms with E-state index in [0.29, 0.717) is 0 Å². The lowest BCUT2D eigenvalue weighted by atomic mass is 9.68. The van der Waals surface area contributed by atoms with Crippen molar-refractivity contribution in [2.45, 2.75) is 69.0 Å². The average molecular weight is 403 g/mol. The Balaban J connectivity index is 1.97. The first kappa shape index (κ1) is 20.8. The number of nitrogens with one attached hydrogen (secondary N) is 2. The highest BCUT2D eigenvalue weighted by Gasteiger charge is 2.55. The van der Waals surface area contributed by atoms with Gasteiger partial charge in [-0.3, -0.25) is 0 Å². The molecule has 6 nitrogen and oxygen atoms in total. The molecule has 1 fully saturated rings. The zero-order valence-corrected chi connectivity index (χ0v) is 15.2. The van der Waals surface area contributed by atoms with Gasteiger partial charge in [0.25, 0.3) is 11.8 Å². The van der Waals surface area contributed by atoms with E-state index >= 15 is 0 Å². The Bertz CT molecular complexity index is 794. The highest BCUT2D eigenvalue weighted by Crippen LogP contribution is 2.46.